The summed E-state index contributed by atoms with van der Waals surface area (Å²) < 4.78 is 11.0. The van der Waals surface area contributed by atoms with E-state index >= 15 is 0 Å². The number of benzene rings is 4. The lowest BCUT2D eigenvalue weighted by molar-refractivity contribution is 0.517. The van der Waals surface area contributed by atoms with E-state index in [2.05, 4.69) is 194 Å². The summed E-state index contributed by atoms with van der Waals surface area (Å²) in [5.74, 6) is 0. The smallest absolute Gasteiger partial charge is 0.154 e. The first kappa shape index (κ1) is 53.5. The maximum atomic E-state index is 3.85. The highest BCUT2D eigenvalue weighted by Crippen LogP contribution is 2.24. The minimum Gasteiger partial charge on any atom is -0.323 e. The summed E-state index contributed by atoms with van der Waals surface area (Å²) in [5.41, 5.74) is 7.89. The summed E-state index contributed by atoms with van der Waals surface area (Å²) in [5, 5.41) is 3.08. The molecule has 0 radical (unpaired) electrons. The molecule has 4 heterocycles. The highest BCUT2D eigenvalue weighted by Gasteiger charge is 2.35. The van der Waals surface area contributed by atoms with Gasteiger partial charge < -0.3 is 18.3 Å². The van der Waals surface area contributed by atoms with Crippen molar-refractivity contribution in [2.75, 3.05) is 52.4 Å². The third-order valence-corrected chi connectivity index (χ3v) is 29.5. The fourth-order valence-electron chi connectivity index (χ4n) is 10.5. The summed E-state index contributed by atoms with van der Waals surface area (Å²) in [4.78, 5) is 0. The van der Waals surface area contributed by atoms with Gasteiger partial charge in [-0.2, -0.15) is 0 Å². The van der Waals surface area contributed by atoms with E-state index in [9.17, 15) is 0 Å². The number of hydrogen-bond donors (Lipinski definition) is 0. The highest BCUT2D eigenvalue weighted by molar-refractivity contribution is 6.88. The Morgan fingerprint density at radius 3 is 1.14 bits per heavy atom. The molecule has 4 nitrogen and oxygen atoms in total. The second-order valence-corrected chi connectivity index (χ2v) is 39.3. The van der Waals surface area contributed by atoms with Crippen LogP contribution in [-0.4, -0.2) is 104 Å². The van der Waals surface area contributed by atoms with Crippen LogP contribution in [0.2, 0.25) is 52.4 Å². The molecule has 0 amide bonds. The Hall–Kier alpha value is -3.45. The molecular formula is C58H88N4Si4. The molecule has 0 N–H and O–H groups in total. The van der Waals surface area contributed by atoms with Crippen LogP contribution in [0.4, 0.5) is 0 Å². The Morgan fingerprint density at radius 1 is 0.364 bits per heavy atom. The van der Waals surface area contributed by atoms with Crippen LogP contribution >= 0.6 is 0 Å². The van der Waals surface area contributed by atoms with Crippen molar-refractivity contribution in [2.45, 2.75) is 116 Å². The van der Waals surface area contributed by atoms with Gasteiger partial charge in [0.05, 0.1) is 0 Å². The van der Waals surface area contributed by atoms with Crippen LogP contribution in [0, 0.1) is 0 Å². The summed E-state index contributed by atoms with van der Waals surface area (Å²) in [6.45, 7) is 45.6. The normalized spacial score (nSPS) is 17.5. The summed E-state index contributed by atoms with van der Waals surface area (Å²) in [6, 6.07) is 38.1. The average molecular weight is 954 g/mol. The van der Waals surface area contributed by atoms with Gasteiger partial charge in [-0.1, -0.05) is 200 Å². The van der Waals surface area contributed by atoms with Crippen molar-refractivity contribution >= 4 is 67.6 Å². The van der Waals surface area contributed by atoms with Crippen LogP contribution in [0.1, 0.15) is 84.7 Å². The molecular weight excluding hydrogens is 865 g/mol. The quantitative estimate of drug-likeness (QED) is 0.117. The molecule has 4 fully saturated rings. The summed E-state index contributed by atoms with van der Waals surface area (Å²) in [7, 11) is -5.27. The molecule has 8 rings (SSSR count). The van der Waals surface area contributed by atoms with Crippen LogP contribution in [-0.2, 0) is 12.1 Å². The van der Waals surface area contributed by atoms with E-state index < -0.39 is 32.9 Å². The van der Waals surface area contributed by atoms with E-state index in [0.717, 1.165) is 0 Å². The van der Waals surface area contributed by atoms with E-state index in [-0.39, 0.29) is 0 Å². The fraction of sp³-hybridized carbons (Fsp3) is 0.448. The first-order valence-electron chi connectivity index (χ1n) is 25.4. The summed E-state index contributed by atoms with van der Waals surface area (Å²) >= 11 is 0. The van der Waals surface area contributed by atoms with Gasteiger partial charge in [-0.15, -0.1) is 0 Å². The Labute approximate surface area is 408 Å². The van der Waals surface area contributed by atoms with Crippen LogP contribution in [0.25, 0.3) is 24.3 Å². The monoisotopic (exact) mass is 953 g/mol. The predicted octanol–water partition coefficient (Wildman–Crippen LogP) is 13.1. The molecule has 0 bridgehead atoms. The van der Waals surface area contributed by atoms with Crippen LogP contribution in [0.5, 0.6) is 0 Å². The Balaban J connectivity index is 0.000000165. The molecule has 0 spiro atoms. The molecule has 4 aromatic rings. The molecule has 4 aliphatic heterocycles. The molecule has 0 atom stereocenters. The standard InChI is InChI=1S/2C15H23NSi.2C14H21NSi/c1-4-14-7-9-15(10-8-14)13-17(2,3)16-11-5-6-12-16;1-4-14-8-7-9-15(12-14)13-17(2,3)16-10-5-6-11-16;1-4-13-7-9-14(10-8-13)16(2,3)15-11-5-6-12-15;1-4-13-8-7-9-14(12-13)16(2,3)15-10-5-6-11-15/h4,7-10H,1,5-6,11-13H2,2-3H3;4,7-9,12H,1,5-6,10-11,13H2,2-3H3;4,7-10H,1,5-6,11-12H2,2-3H3;4,7-9,12H,1,5-6,10-11H2,2-3H3. The van der Waals surface area contributed by atoms with Gasteiger partial charge in [0, 0.05) is 0 Å². The molecule has 0 aliphatic carbocycles. The maximum absolute atomic E-state index is 3.85. The minimum atomic E-state index is -1.41. The zero-order chi connectivity index (χ0) is 47.8. The Morgan fingerprint density at radius 2 is 0.712 bits per heavy atom. The molecule has 4 aromatic carbocycles. The van der Waals surface area contributed by atoms with Crippen LogP contribution < -0.4 is 10.4 Å². The third kappa shape index (κ3) is 15.3. The zero-order valence-electron chi connectivity index (χ0n) is 42.9. The molecule has 0 unspecified atom stereocenters. The van der Waals surface area contributed by atoms with Crippen molar-refractivity contribution in [3.63, 3.8) is 0 Å². The highest BCUT2D eigenvalue weighted by atomic mass is 28.3. The lowest BCUT2D eigenvalue weighted by Gasteiger charge is -2.33. The molecule has 4 saturated heterocycles. The Bertz CT molecular complexity index is 2120. The molecule has 66 heavy (non-hydrogen) atoms. The van der Waals surface area contributed by atoms with Gasteiger partial charge in [0.25, 0.3) is 0 Å². The van der Waals surface area contributed by atoms with Gasteiger partial charge in [0.15, 0.2) is 16.5 Å². The molecule has 0 aromatic heterocycles. The maximum Gasteiger partial charge on any atom is 0.154 e. The van der Waals surface area contributed by atoms with Crippen molar-refractivity contribution in [3.8, 4) is 0 Å². The lowest BCUT2D eigenvalue weighted by Crippen LogP contribution is -2.56. The number of rotatable bonds is 14. The molecule has 0 saturated carbocycles. The van der Waals surface area contributed by atoms with Gasteiger partial charge in [0.1, 0.15) is 16.5 Å². The first-order valence-corrected chi connectivity index (χ1v) is 37.6. The first-order chi connectivity index (χ1) is 31.5. The second-order valence-electron chi connectivity index (χ2n) is 21.4. The van der Waals surface area contributed by atoms with Crippen molar-refractivity contribution in [3.05, 3.63) is 157 Å². The summed E-state index contributed by atoms with van der Waals surface area (Å²) in [6.07, 6.45) is 18.8. The number of nitrogens with zero attached hydrogens (tertiary/aromatic N) is 4. The van der Waals surface area contributed by atoms with Gasteiger partial charge in [0.2, 0.25) is 0 Å². The SMILES string of the molecule is C=Cc1ccc(C[Si](C)(C)N2CCCC2)cc1.C=Cc1ccc([Si](C)(C)N2CCCC2)cc1.C=Cc1cccc(C[Si](C)(C)N2CCCC2)c1.C=Cc1cccc([Si](C)(C)N2CCCC2)c1. The molecule has 356 valence electrons. The Kier molecular flexibility index (Phi) is 20.5. The van der Waals surface area contributed by atoms with E-state index in [1.54, 1.807) is 5.19 Å². The van der Waals surface area contributed by atoms with Gasteiger partial charge in [-0.25, -0.2) is 0 Å². The fourth-order valence-corrected chi connectivity index (χ4v) is 22.0. The van der Waals surface area contributed by atoms with E-state index in [1.807, 2.05) is 24.3 Å². The van der Waals surface area contributed by atoms with Crippen molar-refractivity contribution < 1.29 is 0 Å². The topological polar surface area (TPSA) is 13.0 Å². The second kappa shape index (κ2) is 25.2. The third-order valence-electron chi connectivity index (χ3n) is 15.1. The van der Waals surface area contributed by atoms with Gasteiger partial charge in [-0.05, 0) is 160 Å². The number of hydrogen-bond acceptors (Lipinski definition) is 4. The predicted molar refractivity (Wildman–Crippen MR) is 306 cm³/mol. The van der Waals surface area contributed by atoms with Crippen LogP contribution in [0.15, 0.2) is 123 Å². The largest absolute Gasteiger partial charge is 0.323 e. The van der Waals surface area contributed by atoms with Crippen molar-refractivity contribution in [2.24, 2.45) is 0 Å². The molecule has 8 heteroatoms. The van der Waals surface area contributed by atoms with Gasteiger partial charge >= 0.3 is 0 Å². The zero-order valence-corrected chi connectivity index (χ0v) is 46.9. The molecule has 4 aliphatic rings. The minimum absolute atomic E-state index is 1.22. The van der Waals surface area contributed by atoms with E-state index in [1.165, 1.54) is 154 Å². The lowest BCUT2D eigenvalue weighted by atomic mass is 10.1. The van der Waals surface area contributed by atoms with Crippen LogP contribution in [0.3, 0.4) is 0 Å². The van der Waals surface area contributed by atoms with Crippen molar-refractivity contribution in [1.29, 1.82) is 0 Å². The van der Waals surface area contributed by atoms with E-state index in [0.29, 0.717) is 0 Å². The van der Waals surface area contributed by atoms with Gasteiger partial charge in [-0.3, -0.25) is 0 Å². The van der Waals surface area contributed by atoms with Crippen molar-refractivity contribution in [1.82, 2.24) is 18.3 Å². The average Bonchev–Trinajstić information content (AvgIpc) is 4.19. The van der Waals surface area contributed by atoms with E-state index in [4.69, 9.17) is 0 Å².